The molecule has 0 N–H and O–H groups in total. The first-order valence-electron chi connectivity index (χ1n) is 9.66. The standard InChI is InChI=1S/C27H23NO/c1-29-27-14-8-13-26(21-27)28(24-11-6-3-7-12-24)25-19-17-23(18-20-25)16-15-22-9-4-2-5-10-22/h2-21H,1H3. The highest BCUT2D eigenvalue weighted by Gasteiger charge is 2.12. The number of rotatable bonds is 6. The monoisotopic (exact) mass is 377 g/mol. The average Bonchev–Trinajstić information content (AvgIpc) is 2.80. The zero-order valence-corrected chi connectivity index (χ0v) is 16.4. The van der Waals surface area contributed by atoms with Crippen LogP contribution in [-0.2, 0) is 0 Å². The molecular weight excluding hydrogens is 354 g/mol. The lowest BCUT2D eigenvalue weighted by molar-refractivity contribution is 0.415. The second-order valence-electron chi connectivity index (χ2n) is 6.71. The summed E-state index contributed by atoms with van der Waals surface area (Å²) in [7, 11) is 1.69. The van der Waals surface area contributed by atoms with Gasteiger partial charge in [0.15, 0.2) is 0 Å². The summed E-state index contributed by atoms with van der Waals surface area (Å²) in [4.78, 5) is 2.23. The highest BCUT2D eigenvalue weighted by Crippen LogP contribution is 2.35. The number of para-hydroxylation sites is 1. The van der Waals surface area contributed by atoms with Crippen molar-refractivity contribution in [2.75, 3.05) is 12.0 Å². The molecule has 0 saturated heterocycles. The van der Waals surface area contributed by atoms with Crippen LogP contribution in [0.4, 0.5) is 17.1 Å². The fourth-order valence-corrected chi connectivity index (χ4v) is 3.26. The van der Waals surface area contributed by atoms with Crippen LogP contribution in [0.3, 0.4) is 0 Å². The quantitative estimate of drug-likeness (QED) is 0.326. The Morgan fingerprint density at radius 2 is 1.10 bits per heavy atom. The van der Waals surface area contributed by atoms with Gasteiger partial charge < -0.3 is 9.64 Å². The minimum absolute atomic E-state index is 0.839. The van der Waals surface area contributed by atoms with Crippen molar-refractivity contribution in [2.24, 2.45) is 0 Å². The van der Waals surface area contributed by atoms with E-state index in [4.69, 9.17) is 4.74 Å². The third kappa shape index (κ3) is 4.56. The fourth-order valence-electron chi connectivity index (χ4n) is 3.26. The Kier molecular flexibility index (Phi) is 5.73. The lowest BCUT2D eigenvalue weighted by Crippen LogP contribution is -2.09. The molecule has 0 atom stereocenters. The van der Waals surface area contributed by atoms with Crippen LogP contribution < -0.4 is 9.64 Å². The highest BCUT2D eigenvalue weighted by molar-refractivity contribution is 5.78. The number of benzene rings is 4. The molecule has 0 aromatic heterocycles. The van der Waals surface area contributed by atoms with Crippen LogP contribution in [-0.4, -0.2) is 7.11 Å². The van der Waals surface area contributed by atoms with Gasteiger partial charge in [0.05, 0.1) is 7.11 Å². The van der Waals surface area contributed by atoms with Gasteiger partial charge in [-0.1, -0.05) is 78.9 Å². The van der Waals surface area contributed by atoms with Crippen LogP contribution in [0.2, 0.25) is 0 Å². The summed E-state index contributed by atoms with van der Waals surface area (Å²) in [6.07, 6.45) is 4.27. The molecule has 0 unspecified atom stereocenters. The number of hydrogen-bond donors (Lipinski definition) is 0. The van der Waals surface area contributed by atoms with Gasteiger partial charge in [0.2, 0.25) is 0 Å². The summed E-state index contributed by atoms with van der Waals surface area (Å²) in [6.45, 7) is 0. The molecule has 0 aliphatic rings. The predicted octanol–water partition coefficient (Wildman–Crippen LogP) is 7.34. The zero-order chi connectivity index (χ0) is 19.9. The van der Waals surface area contributed by atoms with E-state index in [0.29, 0.717) is 0 Å². The molecule has 0 aliphatic carbocycles. The van der Waals surface area contributed by atoms with Crippen LogP contribution in [0.15, 0.2) is 109 Å². The highest BCUT2D eigenvalue weighted by atomic mass is 16.5. The number of hydrogen-bond acceptors (Lipinski definition) is 2. The molecule has 4 rings (SSSR count). The largest absolute Gasteiger partial charge is 0.497 e. The fraction of sp³-hybridized carbons (Fsp3) is 0.0370. The molecule has 0 amide bonds. The van der Waals surface area contributed by atoms with Gasteiger partial charge in [0.25, 0.3) is 0 Å². The molecule has 29 heavy (non-hydrogen) atoms. The molecule has 4 aromatic carbocycles. The molecule has 2 nitrogen and oxygen atoms in total. The van der Waals surface area contributed by atoms with Crippen molar-refractivity contribution in [2.45, 2.75) is 0 Å². The average molecular weight is 377 g/mol. The molecular formula is C27H23NO. The van der Waals surface area contributed by atoms with Gasteiger partial charge in [-0.15, -0.1) is 0 Å². The van der Waals surface area contributed by atoms with Crippen LogP contribution in [0, 0.1) is 0 Å². The Morgan fingerprint density at radius 1 is 0.552 bits per heavy atom. The van der Waals surface area contributed by atoms with Crippen molar-refractivity contribution < 1.29 is 4.74 Å². The van der Waals surface area contributed by atoms with E-state index in [0.717, 1.165) is 28.4 Å². The second-order valence-corrected chi connectivity index (χ2v) is 6.71. The second kappa shape index (κ2) is 8.94. The van der Waals surface area contributed by atoms with E-state index in [9.17, 15) is 0 Å². The summed E-state index contributed by atoms with van der Waals surface area (Å²) in [5.74, 6) is 0.839. The van der Waals surface area contributed by atoms with Gasteiger partial charge in [-0.05, 0) is 47.5 Å². The minimum Gasteiger partial charge on any atom is -0.497 e. The topological polar surface area (TPSA) is 12.5 Å². The van der Waals surface area contributed by atoms with E-state index in [1.54, 1.807) is 7.11 Å². The molecule has 0 fully saturated rings. The first-order valence-corrected chi connectivity index (χ1v) is 9.66. The van der Waals surface area contributed by atoms with Gasteiger partial charge in [0, 0.05) is 23.1 Å². The summed E-state index contributed by atoms with van der Waals surface area (Å²) in [5, 5.41) is 0. The number of nitrogens with zero attached hydrogens (tertiary/aromatic N) is 1. The normalized spacial score (nSPS) is 10.8. The molecule has 0 heterocycles. The Bertz CT molecular complexity index is 1070. The summed E-state index contributed by atoms with van der Waals surface area (Å²) < 4.78 is 5.43. The third-order valence-corrected chi connectivity index (χ3v) is 4.75. The minimum atomic E-state index is 0.839. The van der Waals surface area contributed by atoms with Crippen molar-refractivity contribution in [3.63, 3.8) is 0 Å². The Balaban J connectivity index is 1.67. The molecule has 0 bridgehead atoms. The van der Waals surface area contributed by atoms with E-state index < -0.39 is 0 Å². The molecule has 0 saturated carbocycles. The van der Waals surface area contributed by atoms with Crippen LogP contribution in [0.25, 0.3) is 12.2 Å². The van der Waals surface area contributed by atoms with E-state index in [1.165, 1.54) is 5.56 Å². The molecule has 2 heteroatoms. The first kappa shape index (κ1) is 18.6. The van der Waals surface area contributed by atoms with Crippen molar-refractivity contribution in [3.8, 4) is 5.75 Å². The van der Waals surface area contributed by atoms with E-state index in [-0.39, 0.29) is 0 Å². The third-order valence-electron chi connectivity index (χ3n) is 4.75. The Hall–Kier alpha value is -3.78. The van der Waals surface area contributed by atoms with Crippen molar-refractivity contribution in [1.82, 2.24) is 0 Å². The number of ether oxygens (including phenoxy) is 1. The van der Waals surface area contributed by atoms with Gasteiger partial charge in [0.1, 0.15) is 5.75 Å². The van der Waals surface area contributed by atoms with Crippen molar-refractivity contribution in [3.05, 3.63) is 120 Å². The summed E-state index contributed by atoms with van der Waals surface area (Å²) in [6, 6.07) is 37.4. The van der Waals surface area contributed by atoms with Crippen LogP contribution >= 0.6 is 0 Å². The van der Waals surface area contributed by atoms with Crippen molar-refractivity contribution in [1.29, 1.82) is 0 Å². The van der Waals surface area contributed by atoms with Gasteiger partial charge in [-0.2, -0.15) is 0 Å². The van der Waals surface area contributed by atoms with Crippen LogP contribution in [0.5, 0.6) is 5.75 Å². The smallest absolute Gasteiger partial charge is 0.120 e. The molecule has 142 valence electrons. The van der Waals surface area contributed by atoms with Gasteiger partial charge in [-0.3, -0.25) is 0 Å². The molecule has 0 radical (unpaired) electrons. The molecule has 4 aromatic rings. The van der Waals surface area contributed by atoms with E-state index in [1.807, 2.05) is 24.3 Å². The van der Waals surface area contributed by atoms with E-state index >= 15 is 0 Å². The number of methoxy groups -OCH3 is 1. The molecule has 0 aliphatic heterocycles. The SMILES string of the molecule is COc1cccc(N(c2ccccc2)c2ccc(C=Cc3ccccc3)cc2)c1. The number of anilines is 3. The zero-order valence-electron chi connectivity index (χ0n) is 16.4. The molecule has 0 spiro atoms. The van der Waals surface area contributed by atoms with Crippen LogP contribution in [0.1, 0.15) is 11.1 Å². The maximum atomic E-state index is 5.43. The Labute approximate surface area is 172 Å². The predicted molar refractivity (Wildman–Crippen MR) is 123 cm³/mol. The maximum absolute atomic E-state index is 5.43. The maximum Gasteiger partial charge on any atom is 0.120 e. The summed E-state index contributed by atoms with van der Waals surface area (Å²) >= 11 is 0. The Morgan fingerprint density at radius 3 is 1.76 bits per heavy atom. The van der Waals surface area contributed by atoms with Gasteiger partial charge >= 0.3 is 0 Å². The van der Waals surface area contributed by atoms with Gasteiger partial charge in [-0.25, -0.2) is 0 Å². The lowest BCUT2D eigenvalue weighted by atomic mass is 10.1. The first-order chi connectivity index (χ1) is 14.3. The lowest BCUT2D eigenvalue weighted by Gasteiger charge is -2.25. The van der Waals surface area contributed by atoms with E-state index in [2.05, 4.69) is 102 Å². The summed E-state index contributed by atoms with van der Waals surface area (Å²) in [5.41, 5.74) is 5.62. The van der Waals surface area contributed by atoms with Crippen molar-refractivity contribution >= 4 is 29.2 Å².